The summed E-state index contributed by atoms with van der Waals surface area (Å²) in [7, 11) is 0. The number of ether oxygens (including phenoxy) is 2. The Morgan fingerprint density at radius 1 is 1.30 bits per heavy atom. The lowest BCUT2D eigenvalue weighted by Crippen LogP contribution is -2.47. The largest absolute Gasteiger partial charge is 0.454 e. The molecule has 0 radical (unpaired) electrons. The van der Waals surface area contributed by atoms with Crippen LogP contribution in [0.25, 0.3) is 0 Å². The highest BCUT2D eigenvalue weighted by molar-refractivity contribution is 5.95. The summed E-state index contributed by atoms with van der Waals surface area (Å²) in [6.07, 6.45) is 3.74. The number of carbonyl (C=O) groups is 2. The van der Waals surface area contributed by atoms with Crippen LogP contribution in [0.2, 0.25) is 0 Å². The summed E-state index contributed by atoms with van der Waals surface area (Å²) in [6.45, 7) is 10.0. The fourth-order valence-corrected chi connectivity index (χ4v) is 4.58. The van der Waals surface area contributed by atoms with E-state index >= 15 is 0 Å². The minimum atomic E-state index is -0.512. The highest BCUT2D eigenvalue weighted by atomic mass is 16.7. The molecule has 2 aliphatic rings. The lowest BCUT2D eigenvalue weighted by molar-refractivity contribution is -0.137. The number of rotatable bonds is 7. The SMILES string of the molecule is CC(C)CC(C)(C)C(=O)N(C=N)CC1CCCN(C(=O)c2ccc3c(c2)OCO3)C1. The molecule has 2 heterocycles. The second-order valence-corrected chi connectivity index (χ2v) is 9.40. The van der Waals surface area contributed by atoms with Gasteiger partial charge in [0.05, 0.1) is 6.34 Å². The van der Waals surface area contributed by atoms with Crippen molar-refractivity contribution in [2.24, 2.45) is 17.3 Å². The number of hydrogen-bond acceptors (Lipinski definition) is 5. The summed E-state index contributed by atoms with van der Waals surface area (Å²) < 4.78 is 10.7. The molecule has 1 atom stereocenters. The van der Waals surface area contributed by atoms with Gasteiger partial charge in [0.15, 0.2) is 11.5 Å². The monoisotopic (exact) mass is 415 g/mol. The zero-order chi connectivity index (χ0) is 21.9. The molecule has 0 aliphatic carbocycles. The number of carbonyl (C=O) groups excluding carboxylic acids is 2. The highest BCUT2D eigenvalue weighted by Crippen LogP contribution is 2.33. The van der Waals surface area contributed by atoms with Crippen molar-refractivity contribution in [2.45, 2.75) is 47.0 Å². The van der Waals surface area contributed by atoms with Crippen LogP contribution in [-0.2, 0) is 4.79 Å². The Balaban J connectivity index is 1.64. The van der Waals surface area contributed by atoms with Crippen LogP contribution >= 0.6 is 0 Å². The maximum absolute atomic E-state index is 13.0. The first-order valence-corrected chi connectivity index (χ1v) is 10.7. The van der Waals surface area contributed by atoms with Gasteiger partial charge in [0.1, 0.15) is 0 Å². The second-order valence-electron chi connectivity index (χ2n) is 9.40. The number of nitrogens with one attached hydrogen (secondary N) is 1. The van der Waals surface area contributed by atoms with Crippen LogP contribution < -0.4 is 9.47 Å². The number of hydrogen-bond donors (Lipinski definition) is 1. The average molecular weight is 416 g/mol. The minimum Gasteiger partial charge on any atom is -0.454 e. The zero-order valence-corrected chi connectivity index (χ0v) is 18.4. The second kappa shape index (κ2) is 9.06. The Bertz CT molecular complexity index is 806. The number of amides is 2. The molecule has 1 saturated heterocycles. The molecule has 1 aromatic rings. The molecule has 1 aromatic carbocycles. The molecule has 1 N–H and O–H groups in total. The van der Waals surface area contributed by atoms with Crippen molar-refractivity contribution in [3.05, 3.63) is 23.8 Å². The van der Waals surface area contributed by atoms with Crippen LogP contribution in [0, 0.1) is 22.7 Å². The molecule has 2 aliphatic heterocycles. The van der Waals surface area contributed by atoms with E-state index < -0.39 is 5.41 Å². The smallest absolute Gasteiger partial charge is 0.254 e. The Labute approximate surface area is 178 Å². The Morgan fingerprint density at radius 2 is 2.03 bits per heavy atom. The predicted octanol–water partition coefficient (Wildman–Crippen LogP) is 3.78. The Hall–Kier alpha value is -2.57. The van der Waals surface area contributed by atoms with Gasteiger partial charge in [0.2, 0.25) is 12.7 Å². The van der Waals surface area contributed by atoms with Crippen LogP contribution in [0.1, 0.15) is 57.3 Å². The summed E-state index contributed by atoms with van der Waals surface area (Å²) in [6, 6.07) is 5.26. The lowest BCUT2D eigenvalue weighted by atomic mass is 9.82. The molecule has 1 fully saturated rings. The minimum absolute atomic E-state index is 0.0228. The lowest BCUT2D eigenvalue weighted by Gasteiger charge is -2.37. The van der Waals surface area contributed by atoms with Gasteiger partial charge in [-0.2, -0.15) is 0 Å². The number of fused-ring (bicyclic) bond motifs is 1. The molecule has 0 bridgehead atoms. The summed E-state index contributed by atoms with van der Waals surface area (Å²) >= 11 is 0. The van der Waals surface area contributed by atoms with Crippen LogP contribution in [0.3, 0.4) is 0 Å². The van der Waals surface area contributed by atoms with Gasteiger partial charge in [-0.25, -0.2) is 0 Å². The van der Waals surface area contributed by atoms with Crippen LogP contribution in [0.4, 0.5) is 0 Å². The molecule has 0 aromatic heterocycles. The van der Waals surface area contributed by atoms with E-state index in [1.807, 2.05) is 18.7 Å². The molecule has 7 heteroatoms. The molecule has 164 valence electrons. The van der Waals surface area contributed by atoms with Gasteiger partial charge in [0.25, 0.3) is 5.91 Å². The van der Waals surface area contributed by atoms with Crippen LogP contribution in [0.15, 0.2) is 18.2 Å². The van der Waals surface area contributed by atoms with E-state index in [4.69, 9.17) is 14.9 Å². The third-order valence-electron chi connectivity index (χ3n) is 5.79. The highest BCUT2D eigenvalue weighted by Gasteiger charge is 2.34. The molecule has 0 spiro atoms. The molecule has 7 nitrogen and oxygen atoms in total. The molecule has 3 rings (SSSR count). The van der Waals surface area contributed by atoms with Crippen molar-refractivity contribution in [1.29, 1.82) is 5.41 Å². The molecule has 2 amide bonds. The Kier molecular flexibility index (Phi) is 6.68. The van der Waals surface area contributed by atoms with Crippen molar-refractivity contribution in [2.75, 3.05) is 26.4 Å². The summed E-state index contributed by atoms with van der Waals surface area (Å²) in [5, 5.41) is 7.79. The maximum Gasteiger partial charge on any atom is 0.254 e. The first kappa shape index (κ1) is 22.1. The fraction of sp³-hybridized carbons (Fsp3) is 0.609. The van der Waals surface area contributed by atoms with Gasteiger partial charge in [-0.3, -0.25) is 15.0 Å². The van der Waals surface area contributed by atoms with E-state index in [1.54, 1.807) is 18.2 Å². The third-order valence-corrected chi connectivity index (χ3v) is 5.79. The topological polar surface area (TPSA) is 82.9 Å². The summed E-state index contributed by atoms with van der Waals surface area (Å²) in [4.78, 5) is 29.4. The normalized spacial score (nSPS) is 18.4. The van der Waals surface area contributed by atoms with Gasteiger partial charge in [-0.15, -0.1) is 0 Å². The maximum atomic E-state index is 13.0. The van der Waals surface area contributed by atoms with E-state index in [-0.39, 0.29) is 24.5 Å². The summed E-state index contributed by atoms with van der Waals surface area (Å²) in [5.74, 6) is 1.75. The van der Waals surface area contributed by atoms with Crippen molar-refractivity contribution in [3.8, 4) is 11.5 Å². The number of likely N-dealkylation sites (tertiary alicyclic amines) is 1. The summed E-state index contributed by atoms with van der Waals surface area (Å²) in [5.41, 5.74) is 0.0699. The number of benzene rings is 1. The first-order valence-electron chi connectivity index (χ1n) is 10.7. The third kappa shape index (κ3) is 4.94. The van der Waals surface area contributed by atoms with Crippen molar-refractivity contribution >= 4 is 18.2 Å². The predicted molar refractivity (Wildman–Crippen MR) is 115 cm³/mol. The van der Waals surface area contributed by atoms with E-state index in [9.17, 15) is 9.59 Å². The van der Waals surface area contributed by atoms with Gasteiger partial charge in [0, 0.05) is 30.6 Å². The average Bonchev–Trinajstić information content (AvgIpc) is 3.18. The van der Waals surface area contributed by atoms with Crippen LogP contribution in [-0.4, -0.2) is 54.4 Å². The van der Waals surface area contributed by atoms with Crippen LogP contribution in [0.5, 0.6) is 11.5 Å². The molecule has 0 saturated carbocycles. The van der Waals surface area contributed by atoms with E-state index in [0.717, 1.165) is 25.6 Å². The van der Waals surface area contributed by atoms with Crippen molar-refractivity contribution < 1.29 is 19.1 Å². The van der Waals surface area contributed by atoms with Gasteiger partial charge >= 0.3 is 0 Å². The quantitative estimate of drug-likeness (QED) is 0.543. The van der Waals surface area contributed by atoms with E-state index in [1.165, 1.54) is 4.90 Å². The van der Waals surface area contributed by atoms with E-state index in [0.29, 0.717) is 42.6 Å². The van der Waals surface area contributed by atoms with Gasteiger partial charge < -0.3 is 19.3 Å². The molecule has 1 unspecified atom stereocenters. The first-order chi connectivity index (χ1) is 14.2. The van der Waals surface area contributed by atoms with E-state index in [2.05, 4.69) is 13.8 Å². The molecule has 30 heavy (non-hydrogen) atoms. The molecular formula is C23H33N3O4. The Morgan fingerprint density at radius 3 is 2.73 bits per heavy atom. The van der Waals surface area contributed by atoms with Gasteiger partial charge in [-0.1, -0.05) is 27.7 Å². The number of nitrogens with zero attached hydrogens (tertiary/aromatic N) is 2. The zero-order valence-electron chi connectivity index (χ0n) is 18.4. The fourth-order valence-electron chi connectivity index (χ4n) is 4.58. The standard InChI is InChI=1S/C23H33N3O4/c1-16(2)11-23(3,4)22(28)26(14-24)13-17-6-5-9-25(12-17)21(27)18-7-8-19-20(10-18)30-15-29-19/h7-8,10,14,16-17,24H,5-6,9,11-13,15H2,1-4H3. The number of piperidine rings is 1. The van der Waals surface area contributed by atoms with Crippen molar-refractivity contribution in [1.82, 2.24) is 9.80 Å². The van der Waals surface area contributed by atoms with Crippen molar-refractivity contribution in [3.63, 3.8) is 0 Å². The van der Waals surface area contributed by atoms with Gasteiger partial charge in [-0.05, 0) is 49.3 Å². The molecular weight excluding hydrogens is 382 g/mol.